The van der Waals surface area contributed by atoms with Crippen LogP contribution in [-0.4, -0.2) is 0 Å². The van der Waals surface area contributed by atoms with Gasteiger partial charge >= 0.3 is 6.18 Å². The maximum Gasteiger partial charge on any atom is 0.416 e. The Kier molecular flexibility index (Phi) is 4.83. The second-order valence-electron chi connectivity index (χ2n) is 5.64. The molecule has 0 atom stereocenters. The summed E-state index contributed by atoms with van der Waals surface area (Å²) in [5, 5.41) is 18.4. The highest BCUT2D eigenvalue weighted by atomic mass is 19.4. The number of rotatable bonds is 3. The molecular weight excluding hydrogens is 353 g/mol. The number of furan rings is 1. The van der Waals surface area contributed by atoms with Crippen LogP contribution in [-0.2, 0) is 6.18 Å². The van der Waals surface area contributed by atoms with E-state index in [-0.39, 0.29) is 16.9 Å². The largest absolute Gasteiger partial charge is 0.457 e. The van der Waals surface area contributed by atoms with Crippen LogP contribution >= 0.6 is 0 Å². The molecule has 3 aromatic rings. The minimum Gasteiger partial charge on any atom is -0.457 e. The minimum atomic E-state index is -4.44. The molecule has 0 aliphatic rings. The van der Waals surface area contributed by atoms with Crippen molar-refractivity contribution in [1.82, 2.24) is 0 Å². The molecule has 0 saturated heterocycles. The van der Waals surface area contributed by atoms with Crippen LogP contribution in [0, 0.1) is 22.7 Å². The third kappa shape index (κ3) is 4.08. The van der Waals surface area contributed by atoms with E-state index >= 15 is 0 Å². The van der Waals surface area contributed by atoms with Crippen molar-refractivity contribution in [3.63, 3.8) is 0 Å². The molecule has 2 aromatic carbocycles. The van der Waals surface area contributed by atoms with Crippen molar-refractivity contribution in [3.05, 3.63) is 83.1 Å². The molecule has 3 rings (SSSR count). The Morgan fingerprint density at radius 2 is 1.74 bits per heavy atom. The molecule has 1 heterocycles. The molecule has 132 valence electrons. The van der Waals surface area contributed by atoms with E-state index in [1.807, 2.05) is 12.1 Å². The summed E-state index contributed by atoms with van der Waals surface area (Å²) in [4.78, 5) is 0. The number of hydrogen-bond acceptors (Lipinski definition) is 3. The summed E-state index contributed by atoms with van der Waals surface area (Å²) in [5.41, 5.74) is 0.761. The molecule has 3 nitrogen and oxygen atoms in total. The summed E-state index contributed by atoms with van der Waals surface area (Å²) in [6.07, 6.45) is -2.96. The highest BCUT2D eigenvalue weighted by molar-refractivity contribution is 5.89. The van der Waals surface area contributed by atoms with Gasteiger partial charge < -0.3 is 4.42 Å². The molecule has 0 N–H and O–H groups in total. The third-order valence-corrected chi connectivity index (χ3v) is 3.81. The molecule has 27 heavy (non-hydrogen) atoms. The summed E-state index contributed by atoms with van der Waals surface area (Å²) < 4.78 is 44.2. The van der Waals surface area contributed by atoms with E-state index in [4.69, 9.17) is 9.68 Å². The summed E-state index contributed by atoms with van der Waals surface area (Å²) in [6, 6.07) is 18.5. The van der Waals surface area contributed by atoms with E-state index in [2.05, 4.69) is 0 Å². The van der Waals surface area contributed by atoms with E-state index in [1.165, 1.54) is 18.2 Å². The first-order valence-corrected chi connectivity index (χ1v) is 7.80. The quantitative estimate of drug-likeness (QED) is 0.544. The summed E-state index contributed by atoms with van der Waals surface area (Å²) in [5.74, 6) is 0.580. The fourth-order valence-corrected chi connectivity index (χ4v) is 2.51. The zero-order chi connectivity index (χ0) is 19.4. The average molecular weight is 364 g/mol. The molecule has 0 radical (unpaired) electrons. The van der Waals surface area contributed by atoms with Gasteiger partial charge in [0.15, 0.2) is 0 Å². The minimum absolute atomic E-state index is 0.260. The number of allylic oxidation sites excluding steroid dienone is 1. The van der Waals surface area contributed by atoms with Crippen LogP contribution in [0.4, 0.5) is 13.2 Å². The molecule has 0 aliphatic heterocycles. The average Bonchev–Trinajstić information content (AvgIpc) is 3.14. The molecule has 0 amide bonds. The van der Waals surface area contributed by atoms with E-state index in [9.17, 15) is 18.4 Å². The molecule has 0 saturated carbocycles. The summed E-state index contributed by atoms with van der Waals surface area (Å²) in [7, 11) is 0. The van der Waals surface area contributed by atoms with Crippen LogP contribution in [0.3, 0.4) is 0 Å². The van der Waals surface area contributed by atoms with E-state index in [0.29, 0.717) is 16.9 Å². The van der Waals surface area contributed by atoms with E-state index in [1.54, 1.807) is 36.4 Å². The van der Waals surface area contributed by atoms with Crippen molar-refractivity contribution in [2.24, 2.45) is 0 Å². The predicted octanol–water partition coefficient (Wildman–Crippen LogP) is 5.90. The smallest absolute Gasteiger partial charge is 0.416 e. The first kappa shape index (κ1) is 18.0. The Bertz CT molecular complexity index is 1100. The van der Waals surface area contributed by atoms with Gasteiger partial charge in [-0.05, 0) is 48.0 Å². The fourth-order valence-electron chi connectivity index (χ4n) is 2.51. The van der Waals surface area contributed by atoms with Crippen LogP contribution in [0.1, 0.15) is 22.5 Å². The second-order valence-corrected chi connectivity index (χ2v) is 5.64. The Morgan fingerprint density at radius 1 is 0.963 bits per heavy atom. The van der Waals surface area contributed by atoms with Crippen molar-refractivity contribution in [1.29, 1.82) is 10.5 Å². The van der Waals surface area contributed by atoms with Gasteiger partial charge in [0.05, 0.1) is 28.8 Å². The van der Waals surface area contributed by atoms with Crippen LogP contribution < -0.4 is 0 Å². The van der Waals surface area contributed by atoms with Gasteiger partial charge in [-0.3, -0.25) is 0 Å². The van der Waals surface area contributed by atoms with Crippen molar-refractivity contribution in [2.75, 3.05) is 0 Å². The van der Waals surface area contributed by atoms with Gasteiger partial charge in [-0.15, -0.1) is 0 Å². The Labute approximate surface area is 153 Å². The number of hydrogen-bond donors (Lipinski definition) is 0. The molecular formula is C21H11F3N2O. The van der Waals surface area contributed by atoms with Crippen molar-refractivity contribution in [3.8, 4) is 23.5 Å². The van der Waals surface area contributed by atoms with Crippen molar-refractivity contribution >= 4 is 11.6 Å². The molecule has 1 aromatic heterocycles. The SMILES string of the molecule is N#C/C(=C/c1ccc(-c2cccc(C(F)(F)F)c2)o1)c1cccc(C#N)c1. The Hall–Kier alpha value is -3.77. The molecule has 0 bridgehead atoms. The third-order valence-electron chi connectivity index (χ3n) is 3.81. The standard InChI is InChI=1S/C21H11F3N2O/c22-21(23,24)18-6-2-5-16(10-18)20-8-7-19(27-20)11-17(13-26)15-4-1-3-14(9-15)12-25/h1-11H/b17-11-. The van der Waals surface area contributed by atoms with Gasteiger partial charge in [-0.1, -0.05) is 24.3 Å². The van der Waals surface area contributed by atoms with Crippen molar-refractivity contribution < 1.29 is 17.6 Å². The van der Waals surface area contributed by atoms with Gasteiger partial charge in [0.25, 0.3) is 0 Å². The molecule has 0 aliphatic carbocycles. The first-order chi connectivity index (χ1) is 12.9. The molecule has 0 unspecified atom stereocenters. The fraction of sp³-hybridized carbons (Fsp3) is 0.0476. The lowest BCUT2D eigenvalue weighted by Crippen LogP contribution is -2.04. The molecule has 6 heteroatoms. The van der Waals surface area contributed by atoms with Gasteiger partial charge in [-0.25, -0.2) is 0 Å². The Morgan fingerprint density at radius 3 is 2.44 bits per heavy atom. The number of halogens is 3. The zero-order valence-corrected chi connectivity index (χ0v) is 13.8. The predicted molar refractivity (Wildman–Crippen MR) is 93.8 cm³/mol. The summed E-state index contributed by atoms with van der Waals surface area (Å²) in [6.45, 7) is 0. The lowest BCUT2D eigenvalue weighted by molar-refractivity contribution is -0.137. The normalized spacial score (nSPS) is 11.7. The Balaban J connectivity index is 1.95. The molecule has 0 fully saturated rings. The number of benzene rings is 2. The highest BCUT2D eigenvalue weighted by Gasteiger charge is 2.30. The lowest BCUT2D eigenvalue weighted by atomic mass is 10.0. The van der Waals surface area contributed by atoms with Crippen LogP contribution in [0.15, 0.2) is 65.1 Å². The topological polar surface area (TPSA) is 60.7 Å². The number of nitriles is 2. The lowest BCUT2D eigenvalue weighted by Gasteiger charge is -2.07. The zero-order valence-electron chi connectivity index (χ0n) is 13.8. The van der Waals surface area contributed by atoms with Crippen LogP contribution in [0.5, 0.6) is 0 Å². The maximum atomic E-state index is 12.9. The van der Waals surface area contributed by atoms with Gasteiger partial charge in [0.1, 0.15) is 11.5 Å². The number of nitrogens with zero attached hydrogens (tertiary/aromatic N) is 2. The van der Waals surface area contributed by atoms with Gasteiger partial charge in [-0.2, -0.15) is 23.7 Å². The maximum absolute atomic E-state index is 12.9. The monoisotopic (exact) mass is 364 g/mol. The highest BCUT2D eigenvalue weighted by Crippen LogP contribution is 2.33. The van der Waals surface area contributed by atoms with Gasteiger partial charge in [0, 0.05) is 5.56 Å². The van der Waals surface area contributed by atoms with Crippen molar-refractivity contribution in [2.45, 2.75) is 6.18 Å². The molecule has 0 spiro atoms. The van der Waals surface area contributed by atoms with Gasteiger partial charge in [0.2, 0.25) is 0 Å². The number of alkyl halides is 3. The van der Waals surface area contributed by atoms with Crippen LogP contribution in [0.2, 0.25) is 0 Å². The van der Waals surface area contributed by atoms with E-state index < -0.39 is 11.7 Å². The van der Waals surface area contributed by atoms with Crippen LogP contribution in [0.25, 0.3) is 23.0 Å². The first-order valence-electron chi connectivity index (χ1n) is 7.80. The van der Waals surface area contributed by atoms with E-state index in [0.717, 1.165) is 12.1 Å². The second kappa shape index (κ2) is 7.23. The summed E-state index contributed by atoms with van der Waals surface area (Å²) >= 11 is 0.